The molecule has 2 heteroatoms. The minimum atomic E-state index is 0.210. The van der Waals surface area contributed by atoms with Crippen LogP contribution >= 0.6 is 0 Å². The molecule has 0 aromatic rings. The van der Waals surface area contributed by atoms with Crippen LogP contribution in [-0.4, -0.2) is 30.3 Å². The van der Waals surface area contributed by atoms with Crippen LogP contribution in [0.5, 0.6) is 0 Å². The average molecular weight is 183 g/mol. The highest BCUT2D eigenvalue weighted by Gasteiger charge is 2.26. The lowest BCUT2D eigenvalue weighted by Crippen LogP contribution is -2.39. The Balaban J connectivity index is 2.46. The third-order valence-electron chi connectivity index (χ3n) is 2.92. The van der Waals surface area contributed by atoms with Gasteiger partial charge < -0.3 is 4.90 Å². The molecule has 0 radical (unpaired) electrons. The standard InChI is InChI=1S/C11H21NO/c1-4-12-7-5-6-10(8-12)11(13)9(2)3/h9-10H,4-8H2,1-3H3. The number of hydrogen-bond acceptors (Lipinski definition) is 2. The van der Waals surface area contributed by atoms with E-state index in [1.807, 2.05) is 13.8 Å². The number of likely N-dealkylation sites (tertiary alicyclic amines) is 1. The van der Waals surface area contributed by atoms with Gasteiger partial charge in [0.15, 0.2) is 0 Å². The summed E-state index contributed by atoms with van der Waals surface area (Å²) in [6, 6.07) is 0. The fourth-order valence-corrected chi connectivity index (χ4v) is 2.05. The van der Waals surface area contributed by atoms with Gasteiger partial charge in [0.2, 0.25) is 0 Å². The first kappa shape index (κ1) is 10.7. The van der Waals surface area contributed by atoms with Gasteiger partial charge in [-0.15, -0.1) is 0 Å². The molecule has 1 saturated heterocycles. The van der Waals surface area contributed by atoms with Gasteiger partial charge in [-0.25, -0.2) is 0 Å². The van der Waals surface area contributed by atoms with Crippen molar-refractivity contribution in [3.05, 3.63) is 0 Å². The van der Waals surface area contributed by atoms with E-state index in [4.69, 9.17) is 0 Å². The van der Waals surface area contributed by atoms with E-state index in [-0.39, 0.29) is 5.92 Å². The Bertz CT molecular complexity index is 177. The van der Waals surface area contributed by atoms with Crippen molar-refractivity contribution in [2.24, 2.45) is 11.8 Å². The maximum absolute atomic E-state index is 11.7. The highest BCUT2D eigenvalue weighted by Crippen LogP contribution is 2.19. The van der Waals surface area contributed by atoms with Crippen molar-refractivity contribution >= 4 is 5.78 Å². The van der Waals surface area contributed by atoms with Gasteiger partial charge in [-0.1, -0.05) is 20.8 Å². The molecule has 0 saturated carbocycles. The maximum Gasteiger partial charge on any atom is 0.139 e. The zero-order valence-corrected chi connectivity index (χ0v) is 9.05. The van der Waals surface area contributed by atoms with Crippen LogP contribution in [0, 0.1) is 11.8 Å². The van der Waals surface area contributed by atoms with E-state index < -0.39 is 0 Å². The molecule has 13 heavy (non-hydrogen) atoms. The predicted molar refractivity (Wildman–Crippen MR) is 54.7 cm³/mol. The summed E-state index contributed by atoms with van der Waals surface area (Å²) in [6.07, 6.45) is 2.30. The highest BCUT2D eigenvalue weighted by atomic mass is 16.1. The van der Waals surface area contributed by atoms with Gasteiger partial charge in [-0.2, -0.15) is 0 Å². The summed E-state index contributed by atoms with van der Waals surface area (Å²) in [7, 11) is 0. The SMILES string of the molecule is CCN1CCCC(C(=O)C(C)C)C1. The zero-order chi connectivity index (χ0) is 9.84. The number of carbonyl (C=O) groups excluding carboxylic acids is 1. The van der Waals surface area contributed by atoms with Crippen LogP contribution in [0.4, 0.5) is 0 Å². The average Bonchev–Trinajstić information content (AvgIpc) is 2.16. The van der Waals surface area contributed by atoms with E-state index in [0.29, 0.717) is 11.7 Å². The lowest BCUT2D eigenvalue weighted by molar-refractivity contribution is -0.127. The van der Waals surface area contributed by atoms with E-state index in [1.54, 1.807) is 0 Å². The molecule has 76 valence electrons. The molecule has 1 heterocycles. The molecule has 1 unspecified atom stereocenters. The molecular weight excluding hydrogens is 162 g/mol. The number of Topliss-reactive ketones (excluding diaryl/α,β-unsaturated/α-hetero) is 1. The molecule has 0 aliphatic carbocycles. The Labute approximate surface area is 81.3 Å². The summed E-state index contributed by atoms with van der Waals surface area (Å²) in [6.45, 7) is 9.44. The van der Waals surface area contributed by atoms with Gasteiger partial charge in [0.05, 0.1) is 0 Å². The Morgan fingerprint density at radius 1 is 1.54 bits per heavy atom. The Hall–Kier alpha value is -0.370. The summed E-state index contributed by atoms with van der Waals surface area (Å²) >= 11 is 0. The van der Waals surface area contributed by atoms with Crippen LogP contribution in [0.1, 0.15) is 33.6 Å². The van der Waals surface area contributed by atoms with Gasteiger partial charge in [-0.3, -0.25) is 4.79 Å². The summed E-state index contributed by atoms with van der Waals surface area (Å²) in [5.41, 5.74) is 0. The molecule has 1 fully saturated rings. The zero-order valence-electron chi connectivity index (χ0n) is 9.05. The van der Waals surface area contributed by atoms with Crippen LogP contribution in [0.15, 0.2) is 0 Å². The van der Waals surface area contributed by atoms with Gasteiger partial charge in [-0.05, 0) is 25.9 Å². The molecule has 0 spiro atoms. The fraction of sp³-hybridized carbons (Fsp3) is 0.909. The number of rotatable bonds is 3. The number of hydrogen-bond donors (Lipinski definition) is 0. The first-order valence-electron chi connectivity index (χ1n) is 5.41. The Morgan fingerprint density at radius 3 is 2.77 bits per heavy atom. The maximum atomic E-state index is 11.7. The second-order valence-electron chi connectivity index (χ2n) is 4.29. The smallest absolute Gasteiger partial charge is 0.139 e. The fourth-order valence-electron chi connectivity index (χ4n) is 2.05. The Kier molecular flexibility index (Phi) is 3.91. The minimum absolute atomic E-state index is 0.210. The van der Waals surface area contributed by atoms with E-state index in [2.05, 4.69) is 11.8 Å². The molecule has 1 atom stereocenters. The summed E-state index contributed by atoms with van der Waals surface area (Å²) in [5, 5.41) is 0. The van der Waals surface area contributed by atoms with Crippen molar-refractivity contribution in [2.75, 3.05) is 19.6 Å². The molecule has 0 bridgehead atoms. The van der Waals surface area contributed by atoms with Gasteiger partial charge in [0.1, 0.15) is 5.78 Å². The van der Waals surface area contributed by atoms with Gasteiger partial charge >= 0.3 is 0 Å². The molecule has 0 amide bonds. The summed E-state index contributed by atoms with van der Waals surface area (Å²) in [4.78, 5) is 14.1. The normalized spacial score (nSPS) is 25.1. The second-order valence-corrected chi connectivity index (χ2v) is 4.29. The molecule has 1 rings (SSSR count). The third kappa shape index (κ3) is 2.80. The van der Waals surface area contributed by atoms with Crippen LogP contribution in [-0.2, 0) is 4.79 Å². The monoisotopic (exact) mass is 183 g/mol. The van der Waals surface area contributed by atoms with Crippen molar-refractivity contribution in [1.82, 2.24) is 4.90 Å². The second kappa shape index (κ2) is 4.75. The summed E-state index contributed by atoms with van der Waals surface area (Å²) in [5.74, 6) is 0.980. The molecule has 1 aliphatic heterocycles. The topological polar surface area (TPSA) is 20.3 Å². The van der Waals surface area contributed by atoms with E-state index in [9.17, 15) is 4.79 Å². The largest absolute Gasteiger partial charge is 0.303 e. The van der Waals surface area contributed by atoms with Crippen molar-refractivity contribution in [3.63, 3.8) is 0 Å². The van der Waals surface area contributed by atoms with Gasteiger partial charge in [0, 0.05) is 18.4 Å². The van der Waals surface area contributed by atoms with Crippen molar-refractivity contribution in [1.29, 1.82) is 0 Å². The molecular formula is C11H21NO. The number of piperidine rings is 1. The van der Waals surface area contributed by atoms with E-state index in [0.717, 1.165) is 19.5 Å². The van der Waals surface area contributed by atoms with Crippen molar-refractivity contribution in [3.8, 4) is 0 Å². The van der Waals surface area contributed by atoms with Crippen molar-refractivity contribution in [2.45, 2.75) is 33.6 Å². The van der Waals surface area contributed by atoms with Gasteiger partial charge in [0.25, 0.3) is 0 Å². The van der Waals surface area contributed by atoms with E-state index >= 15 is 0 Å². The highest BCUT2D eigenvalue weighted by molar-refractivity contribution is 5.83. The first-order chi connectivity index (χ1) is 6.15. The molecule has 2 nitrogen and oxygen atoms in total. The van der Waals surface area contributed by atoms with Crippen LogP contribution < -0.4 is 0 Å². The number of nitrogens with zero attached hydrogens (tertiary/aromatic N) is 1. The molecule has 0 aromatic carbocycles. The lowest BCUT2D eigenvalue weighted by atomic mass is 9.88. The number of carbonyl (C=O) groups is 1. The Morgan fingerprint density at radius 2 is 2.23 bits per heavy atom. The van der Waals surface area contributed by atoms with Crippen LogP contribution in [0.25, 0.3) is 0 Å². The van der Waals surface area contributed by atoms with E-state index in [1.165, 1.54) is 13.0 Å². The molecule has 1 aliphatic rings. The molecule has 0 aromatic heterocycles. The molecule has 0 N–H and O–H groups in total. The summed E-state index contributed by atoms with van der Waals surface area (Å²) < 4.78 is 0. The lowest BCUT2D eigenvalue weighted by Gasteiger charge is -2.31. The predicted octanol–water partition coefficient (Wildman–Crippen LogP) is 1.94. The van der Waals surface area contributed by atoms with Crippen LogP contribution in [0.2, 0.25) is 0 Å². The van der Waals surface area contributed by atoms with Crippen LogP contribution in [0.3, 0.4) is 0 Å². The first-order valence-corrected chi connectivity index (χ1v) is 5.41. The quantitative estimate of drug-likeness (QED) is 0.666. The third-order valence-corrected chi connectivity index (χ3v) is 2.92. The minimum Gasteiger partial charge on any atom is -0.303 e. The van der Waals surface area contributed by atoms with Crippen molar-refractivity contribution < 1.29 is 4.79 Å². The number of ketones is 1.